The Kier molecular flexibility index (Phi) is 4.74. The first-order chi connectivity index (χ1) is 9.96. The van der Waals surface area contributed by atoms with Gasteiger partial charge in [-0.15, -0.1) is 6.58 Å². The van der Waals surface area contributed by atoms with Gasteiger partial charge in [-0.3, -0.25) is 4.79 Å². The Bertz CT molecular complexity index is 652. The summed E-state index contributed by atoms with van der Waals surface area (Å²) in [5, 5.41) is 2.43. The number of carbonyl (C=O) groups excluding carboxylic acids is 1. The Hall–Kier alpha value is -1.73. The van der Waals surface area contributed by atoms with E-state index in [1.54, 1.807) is 0 Å². The van der Waals surface area contributed by atoms with E-state index in [1.165, 1.54) is 16.4 Å². The summed E-state index contributed by atoms with van der Waals surface area (Å²) in [6, 6.07) is 3.28. The largest absolute Gasteiger partial charge is 0.348 e. The molecule has 21 heavy (non-hydrogen) atoms. The van der Waals surface area contributed by atoms with Crippen LogP contribution in [0.5, 0.6) is 0 Å². The average Bonchev–Trinajstić information content (AvgIpc) is 3.00. The zero-order valence-corrected chi connectivity index (χ0v) is 12.3. The molecule has 1 aliphatic rings. The van der Waals surface area contributed by atoms with Gasteiger partial charge in [0, 0.05) is 19.6 Å². The lowest BCUT2D eigenvalue weighted by Gasteiger charge is -2.16. The predicted octanol–water partition coefficient (Wildman–Crippen LogP) is 1.53. The molecule has 2 rings (SSSR count). The average molecular weight is 312 g/mol. The van der Waals surface area contributed by atoms with E-state index in [0.717, 1.165) is 25.0 Å². The Morgan fingerprint density at radius 2 is 2.05 bits per heavy atom. The molecule has 1 saturated heterocycles. The van der Waals surface area contributed by atoms with Crippen molar-refractivity contribution in [1.29, 1.82) is 0 Å². The summed E-state index contributed by atoms with van der Waals surface area (Å²) >= 11 is 0. The monoisotopic (exact) mass is 312 g/mol. The molecule has 0 radical (unpaired) electrons. The number of benzene rings is 1. The fraction of sp³-hybridized carbons (Fsp3) is 0.357. The molecule has 0 aromatic heterocycles. The number of nitrogens with one attached hydrogen (secondary N) is 1. The number of rotatable bonds is 5. The highest BCUT2D eigenvalue weighted by molar-refractivity contribution is 7.89. The van der Waals surface area contributed by atoms with Gasteiger partial charge in [-0.05, 0) is 31.0 Å². The van der Waals surface area contributed by atoms with Crippen molar-refractivity contribution in [1.82, 2.24) is 9.62 Å². The molecule has 114 valence electrons. The maximum absolute atomic E-state index is 13.7. The number of hydrogen-bond donors (Lipinski definition) is 1. The van der Waals surface area contributed by atoms with E-state index in [1.807, 2.05) is 0 Å². The smallest absolute Gasteiger partial charge is 0.254 e. The molecule has 1 heterocycles. The number of amides is 1. The molecule has 1 amide bonds. The van der Waals surface area contributed by atoms with Crippen molar-refractivity contribution >= 4 is 15.9 Å². The fourth-order valence-electron chi connectivity index (χ4n) is 2.18. The van der Waals surface area contributed by atoms with E-state index < -0.39 is 21.7 Å². The van der Waals surface area contributed by atoms with Crippen LogP contribution in [0.4, 0.5) is 4.39 Å². The molecule has 7 heteroatoms. The van der Waals surface area contributed by atoms with Gasteiger partial charge in [-0.25, -0.2) is 12.8 Å². The second-order valence-corrected chi connectivity index (χ2v) is 6.69. The predicted molar refractivity (Wildman–Crippen MR) is 76.9 cm³/mol. The summed E-state index contributed by atoms with van der Waals surface area (Å²) in [5.74, 6) is -1.41. The first-order valence-electron chi connectivity index (χ1n) is 6.65. The normalized spacial score (nSPS) is 15.9. The molecule has 1 aromatic rings. The molecule has 1 fully saturated rings. The summed E-state index contributed by atoms with van der Waals surface area (Å²) < 4.78 is 39.9. The highest BCUT2D eigenvalue weighted by atomic mass is 32.2. The second-order valence-electron chi connectivity index (χ2n) is 4.75. The van der Waals surface area contributed by atoms with Gasteiger partial charge in [-0.2, -0.15) is 4.31 Å². The summed E-state index contributed by atoms with van der Waals surface area (Å²) in [5.41, 5.74) is -0.280. The minimum absolute atomic E-state index is 0.0606. The number of hydrogen-bond acceptors (Lipinski definition) is 3. The molecule has 0 aliphatic carbocycles. The van der Waals surface area contributed by atoms with Crippen molar-refractivity contribution in [2.45, 2.75) is 17.7 Å². The molecule has 0 atom stereocenters. The zero-order valence-electron chi connectivity index (χ0n) is 11.5. The van der Waals surface area contributed by atoms with Crippen molar-refractivity contribution in [3.63, 3.8) is 0 Å². The summed E-state index contributed by atoms with van der Waals surface area (Å²) in [6.07, 6.45) is 3.08. The highest BCUT2D eigenvalue weighted by Gasteiger charge is 2.28. The Labute approximate surface area is 123 Å². The minimum Gasteiger partial charge on any atom is -0.348 e. The van der Waals surface area contributed by atoms with Crippen LogP contribution in [-0.2, 0) is 10.0 Å². The minimum atomic E-state index is -3.67. The molecule has 1 N–H and O–H groups in total. The van der Waals surface area contributed by atoms with E-state index in [-0.39, 0.29) is 17.0 Å². The number of sulfonamides is 1. The van der Waals surface area contributed by atoms with Crippen LogP contribution in [0.2, 0.25) is 0 Å². The SMILES string of the molecule is C=CCNC(=O)c1cc(S(=O)(=O)N2CCCC2)ccc1F. The quantitative estimate of drug-likeness (QED) is 0.839. The van der Waals surface area contributed by atoms with Crippen molar-refractivity contribution in [3.05, 3.63) is 42.2 Å². The van der Waals surface area contributed by atoms with Gasteiger partial charge in [0.25, 0.3) is 5.91 Å². The molecular weight excluding hydrogens is 295 g/mol. The van der Waals surface area contributed by atoms with Gasteiger partial charge in [0.2, 0.25) is 10.0 Å². The van der Waals surface area contributed by atoms with Crippen LogP contribution in [0, 0.1) is 5.82 Å². The molecule has 5 nitrogen and oxygen atoms in total. The standard InChI is InChI=1S/C14H17FN2O3S/c1-2-7-16-14(18)12-10-11(5-6-13(12)15)21(19,20)17-8-3-4-9-17/h2,5-6,10H,1,3-4,7-9H2,(H,16,18). The van der Waals surface area contributed by atoms with Crippen LogP contribution in [0.15, 0.2) is 35.7 Å². The van der Waals surface area contributed by atoms with E-state index in [4.69, 9.17) is 0 Å². The van der Waals surface area contributed by atoms with Crippen LogP contribution in [-0.4, -0.2) is 38.3 Å². The zero-order chi connectivity index (χ0) is 15.5. The van der Waals surface area contributed by atoms with Crippen LogP contribution in [0.1, 0.15) is 23.2 Å². The van der Waals surface area contributed by atoms with E-state index in [0.29, 0.717) is 13.1 Å². The van der Waals surface area contributed by atoms with Crippen LogP contribution in [0.25, 0.3) is 0 Å². The summed E-state index contributed by atoms with van der Waals surface area (Å²) in [7, 11) is -3.67. The van der Waals surface area contributed by atoms with E-state index in [9.17, 15) is 17.6 Å². The van der Waals surface area contributed by atoms with Crippen molar-refractivity contribution in [2.75, 3.05) is 19.6 Å². The molecular formula is C14H17FN2O3S. The van der Waals surface area contributed by atoms with Crippen molar-refractivity contribution in [3.8, 4) is 0 Å². The van der Waals surface area contributed by atoms with Gasteiger partial charge in [0.1, 0.15) is 5.82 Å². The van der Waals surface area contributed by atoms with Crippen molar-refractivity contribution in [2.24, 2.45) is 0 Å². The topological polar surface area (TPSA) is 66.5 Å². The van der Waals surface area contributed by atoms with E-state index >= 15 is 0 Å². The fourth-order valence-corrected chi connectivity index (χ4v) is 3.72. The molecule has 0 spiro atoms. The first-order valence-corrected chi connectivity index (χ1v) is 8.09. The van der Waals surface area contributed by atoms with Crippen LogP contribution >= 0.6 is 0 Å². The van der Waals surface area contributed by atoms with Gasteiger partial charge in [0.05, 0.1) is 10.5 Å². The molecule has 0 bridgehead atoms. The van der Waals surface area contributed by atoms with Gasteiger partial charge in [0.15, 0.2) is 0 Å². The summed E-state index contributed by atoms with van der Waals surface area (Å²) in [4.78, 5) is 11.8. The van der Waals surface area contributed by atoms with E-state index in [2.05, 4.69) is 11.9 Å². The second kappa shape index (κ2) is 6.36. The Morgan fingerprint density at radius 1 is 1.38 bits per heavy atom. The molecule has 0 saturated carbocycles. The molecule has 1 aliphatic heterocycles. The maximum atomic E-state index is 13.7. The summed E-state index contributed by atoms with van der Waals surface area (Å²) in [6.45, 7) is 4.54. The number of halogens is 1. The lowest BCUT2D eigenvalue weighted by molar-refractivity contribution is 0.0953. The van der Waals surface area contributed by atoms with Crippen LogP contribution < -0.4 is 5.32 Å². The first kappa shape index (κ1) is 15.7. The maximum Gasteiger partial charge on any atom is 0.254 e. The Balaban J connectivity index is 2.33. The lowest BCUT2D eigenvalue weighted by Crippen LogP contribution is -2.29. The molecule has 1 aromatic carbocycles. The third-order valence-corrected chi connectivity index (χ3v) is 5.19. The highest BCUT2D eigenvalue weighted by Crippen LogP contribution is 2.22. The number of nitrogens with zero attached hydrogens (tertiary/aromatic N) is 1. The third kappa shape index (κ3) is 3.30. The number of carbonyl (C=O) groups is 1. The van der Waals surface area contributed by atoms with Gasteiger partial charge < -0.3 is 5.32 Å². The Morgan fingerprint density at radius 3 is 2.67 bits per heavy atom. The lowest BCUT2D eigenvalue weighted by atomic mass is 10.2. The molecule has 0 unspecified atom stereocenters. The van der Waals surface area contributed by atoms with Crippen LogP contribution in [0.3, 0.4) is 0 Å². The third-order valence-electron chi connectivity index (χ3n) is 3.29. The van der Waals surface area contributed by atoms with Gasteiger partial charge >= 0.3 is 0 Å². The van der Waals surface area contributed by atoms with Gasteiger partial charge in [-0.1, -0.05) is 6.08 Å². The van der Waals surface area contributed by atoms with Crippen molar-refractivity contribution < 1.29 is 17.6 Å².